The molecule has 1 saturated heterocycles. The maximum atomic E-state index is 12.8. The quantitative estimate of drug-likeness (QED) is 0.155. The Hall–Kier alpha value is -5.08. The average Bonchev–Trinajstić information content (AvgIpc) is 3.66. The highest BCUT2D eigenvalue weighted by molar-refractivity contribution is 5.91. The maximum absolute atomic E-state index is 12.8. The van der Waals surface area contributed by atoms with Gasteiger partial charge in [0.15, 0.2) is 17.4 Å². The van der Waals surface area contributed by atoms with E-state index in [1.165, 1.54) is 10.9 Å². The molecule has 250 valence electrons. The lowest BCUT2D eigenvalue weighted by atomic mass is 9.80. The SMILES string of the molecule is COc1ccc(C(OC[C@H]2O[C@@H](n3cnc4c(=O)[nH]c(NC(=O)C(C)C)nc43)[C@H](O)[C@@H]2O)(c2ccccc2)c2ccc(OC)cc2)cc1. The van der Waals surface area contributed by atoms with Crippen molar-refractivity contribution in [3.8, 4) is 11.5 Å². The molecule has 1 fully saturated rings. The zero-order chi connectivity index (χ0) is 34.0. The predicted molar refractivity (Wildman–Crippen MR) is 176 cm³/mol. The minimum atomic E-state index is -1.43. The van der Waals surface area contributed by atoms with Crippen LogP contribution in [0.1, 0.15) is 36.8 Å². The molecule has 6 rings (SSSR count). The molecule has 2 aromatic heterocycles. The fraction of sp³-hybridized carbons (Fsp3) is 0.314. The third-order valence-corrected chi connectivity index (χ3v) is 8.45. The van der Waals surface area contributed by atoms with E-state index in [-0.39, 0.29) is 35.5 Å². The number of hydrogen-bond acceptors (Lipinski definition) is 10. The summed E-state index contributed by atoms with van der Waals surface area (Å²) in [6.07, 6.45) is -3.69. The van der Waals surface area contributed by atoms with Crippen LogP contribution in [0.4, 0.5) is 5.95 Å². The van der Waals surface area contributed by atoms with Crippen LogP contribution in [0.3, 0.4) is 0 Å². The van der Waals surface area contributed by atoms with E-state index < -0.39 is 35.7 Å². The number of H-pyrrole nitrogens is 1. The van der Waals surface area contributed by atoms with Crippen LogP contribution in [0.15, 0.2) is 90.0 Å². The lowest BCUT2D eigenvalue weighted by Crippen LogP contribution is -2.39. The molecular formula is C35H37N5O8. The Balaban J connectivity index is 1.36. The molecule has 13 heteroatoms. The second kappa shape index (κ2) is 13.6. The van der Waals surface area contributed by atoms with Crippen LogP contribution < -0.4 is 20.3 Å². The number of anilines is 1. The predicted octanol–water partition coefficient (Wildman–Crippen LogP) is 3.36. The molecule has 0 saturated carbocycles. The topological polar surface area (TPSA) is 170 Å². The molecule has 0 unspecified atom stereocenters. The number of amides is 1. The van der Waals surface area contributed by atoms with Gasteiger partial charge in [-0.1, -0.05) is 68.4 Å². The minimum absolute atomic E-state index is 0.0235. The summed E-state index contributed by atoms with van der Waals surface area (Å²) in [5, 5.41) is 25.1. The van der Waals surface area contributed by atoms with Crippen molar-refractivity contribution >= 4 is 23.0 Å². The van der Waals surface area contributed by atoms with Crippen LogP contribution in [-0.2, 0) is 19.9 Å². The second-order valence-corrected chi connectivity index (χ2v) is 11.7. The molecule has 0 bridgehead atoms. The van der Waals surface area contributed by atoms with Gasteiger partial charge < -0.3 is 29.2 Å². The number of aliphatic hydroxyl groups is 2. The Kier molecular flexibility index (Phi) is 9.29. The Morgan fingerprint density at radius 2 is 1.52 bits per heavy atom. The number of imidazole rings is 1. The van der Waals surface area contributed by atoms with Crippen LogP contribution in [0.5, 0.6) is 11.5 Å². The first-order chi connectivity index (χ1) is 23.2. The van der Waals surface area contributed by atoms with Crippen molar-refractivity contribution in [2.75, 3.05) is 26.1 Å². The van der Waals surface area contributed by atoms with Crippen LogP contribution in [0, 0.1) is 5.92 Å². The summed E-state index contributed by atoms with van der Waals surface area (Å²) in [5.41, 5.74) is 0.637. The number of nitrogens with one attached hydrogen (secondary N) is 2. The van der Waals surface area contributed by atoms with E-state index in [0.29, 0.717) is 11.5 Å². The fourth-order valence-corrected chi connectivity index (χ4v) is 5.81. The third kappa shape index (κ3) is 6.04. The van der Waals surface area contributed by atoms with E-state index in [4.69, 9.17) is 18.9 Å². The molecule has 1 aliphatic heterocycles. The van der Waals surface area contributed by atoms with Crippen molar-refractivity contribution < 1.29 is 34.0 Å². The molecule has 3 aromatic carbocycles. The van der Waals surface area contributed by atoms with Gasteiger partial charge in [0, 0.05) is 5.92 Å². The molecule has 4 atom stereocenters. The van der Waals surface area contributed by atoms with E-state index >= 15 is 0 Å². The van der Waals surface area contributed by atoms with Crippen molar-refractivity contribution in [1.82, 2.24) is 19.5 Å². The summed E-state index contributed by atoms with van der Waals surface area (Å²) in [7, 11) is 3.19. The summed E-state index contributed by atoms with van der Waals surface area (Å²) >= 11 is 0. The highest BCUT2D eigenvalue weighted by Gasteiger charge is 2.47. The standard InChI is InChI=1S/C35H37N5O8/c1-20(2)31(43)38-34-37-30-27(32(44)39-34)36-19-40(30)33-29(42)28(41)26(48-33)18-47-35(21-8-6-5-7-9-21,22-10-14-24(45-3)15-11-22)23-12-16-25(46-4)17-13-23/h5-17,19-20,26,28-29,33,41-42H,18H2,1-4H3,(H2,37,38,39,43,44)/t26-,28-,29-,33-/m1/s1. The number of methoxy groups -OCH3 is 2. The molecule has 1 aliphatic rings. The summed E-state index contributed by atoms with van der Waals surface area (Å²) in [6.45, 7) is 3.26. The van der Waals surface area contributed by atoms with E-state index in [9.17, 15) is 19.8 Å². The molecule has 13 nitrogen and oxygen atoms in total. The highest BCUT2D eigenvalue weighted by Crippen LogP contribution is 2.43. The number of benzene rings is 3. The Labute approximate surface area is 276 Å². The summed E-state index contributed by atoms with van der Waals surface area (Å²) in [6, 6.07) is 24.7. The van der Waals surface area contributed by atoms with Crippen LogP contribution in [-0.4, -0.2) is 74.8 Å². The van der Waals surface area contributed by atoms with Crippen LogP contribution >= 0.6 is 0 Å². The van der Waals surface area contributed by atoms with E-state index in [1.54, 1.807) is 28.1 Å². The molecule has 5 aromatic rings. The van der Waals surface area contributed by atoms with Gasteiger partial charge in [-0.05, 0) is 41.0 Å². The van der Waals surface area contributed by atoms with Gasteiger partial charge in [-0.25, -0.2) is 4.98 Å². The summed E-state index contributed by atoms with van der Waals surface area (Å²) in [4.78, 5) is 36.1. The zero-order valence-electron chi connectivity index (χ0n) is 26.9. The molecule has 0 aliphatic carbocycles. The van der Waals surface area contributed by atoms with Crippen molar-refractivity contribution in [1.29, 1.82) is 0 Å². The number of ether oxygens (including phenoxy) is 4. The number of hydrogen-bond donors (Lipinski definition) is 4. The summed E-state index contributed by atoms with van der Waals surface area (Å²) < 4.78 is 25.3. The van der Waals surface area contributed by atoms with E-state index in [1.807, 2.05) is 78.9 Å². The van der Waals surface area contributed by atoms with Crippen LogP contribution in [0.2, 0.25) is 0 Å². The monoisotopic (exact) mass is 655 g/mol. The zero-order valence-corrected chi connectivity index (χ0v) is 26.9. The first kappa shape index (κ1) is 32.8. The average molecular weight is 656 g/mol. The Morgan fingerprint density at radius 1 is 0.938 bits per heavy atom. The van der Waals surface area contributed by atoms with Crippen molar-refractivity contribution in [3.05, 3.63) is 112 Å². The Morgan fingerprint density at radius 3 is 2.08 bits per heavy atom. The van der Waals surface area contributed by atoms with Gasteiger partial charge in [0.2, 0.25) is 11.9 Å². The van der Waals surface area contributed by atoms with Gasteiger partial charge in [0.05, 0.1) is 27.2 Å². The fourth-order valence-electron chi connectivity index (χ4n) is 5.81. The number of fused-ring (bicyclic) bond motifs is 1. The van der Waals surface area contributed by atoms with Gasteiger partial charge in [-0.3, -0.25) is 24.5 Å². The molecule has 48 heavy (non-hydrogen) atoms. The number of nitrogens with zero attached hydrogens (tertiary/aromatic N) is 3. The van der Waals surface area contributed by atoms with Gasteiger partial charge >= 0.3 is 0 Å². The number of aliphatic hydroxyl groups excluding tert-OH is 2. The molecule has 1 amide bonds. The smallest absolute Gasteiger partial charge is 0.280 e. The number of aromatic amines is 1. The molecular weight excluding hydrogens is 618 g/mol. The molecule has 0 spiro atoms. The van der Waals surface area contributed by atoms with Crippen molar-refractivity contribution in [3.63, 3.8) is 0 Å². The normalized spacial score (nSPS) is 19.5. The van der Waals surface area contributed by atoms with Gasteiger partial charge in [0.25, 0.3) is 5.56 Å². The first-order valence-electron chi connectivity index (χ1n) is 15.4. The molecule has 0 radical (unpaired) electrons. The van der Waals surface area contributed by atoms with E-state index in [0.717, 1.165) is 16.7 Å². The van der Waals surface area contributed by atoms with Crippen molar-refractivity contribution in [2.45, 2.75) is 44.0 Å². The molecule has 3 heterocycles. The largest absolute Gasteiger partial charge is 0.497 e. The summed E-state index contributed by atoms with van der Waals surface area (Å²) in [5.74, 6) is 0.563. The second-order valence-electron chi connectivity index (χ2n) is 11.7. The van der Waals surface area contributed by atoms with Gasteiger partial charge in [-0.15, -0.1) is 0 Å². The number of aromatic nitrogens is 4. The lowest BCUT2D eigenvalue weighted by molar-refractivity contribution is -0.118. The highest BCUT2D eigenvalue weighted by atomic mass is 16.6. The molecule has 4 N–H and O–H groups in total. The lowest BCUT2D eigenvalue weighted by Gasteiger charge is -2.37. The first-order valence-corrected chi connectivity index (χ1v) is 15.4. The van der Waals surface area contributed by atoms with Crippen molar-refractivity contribution in [2.24, 2.45) is 5.92 Å². The Bertz CT molecular complexity index is 1880. The number of carbonyl (C=O) groups excluding carboxylic acids is 1. The van der Waals surface area contributed by atoms with Gasteiger partial charge in [0.1, 0.15) is 35.4 Å². The number of carbonyl (C=O) groups is 1. The van der Waals surface area contributed by atoms with E-state index in [2.05, 4.69) is 20.3 Å². The number of rotatable bonds is 11. The minimum Gasteiger partial charge on any atom is -0.497 e. The van der Waals surface area contributed by atoms with Gasteiger partial charge in [-0.2, -0.15) is 4.98 Å². The van der Waals surface area contributed by atoms with Crippen LogP contribution in [0.25, 0.3) is 11.2 Å². The third-order valence-electron chi connectivity index (χ3n) is 8.45. The maximum Gasteiger partial charge on any atom is 0.280 e.